The van der Waals surface area contributed by atoms with Crippen LogP contribution in [0, 0.1) is 5.92 Å². The lowest BCUT2D eigenvalue weighted by Gasteiger charge is -2.42. The molecule has 2 saturated heterocycles. The van der Waals surface area contributed by atoms with E-state index in [0.717, 1.165) is 5.56 Å². The Hall–Kier alpha value is -2.08. The summed E-state index contributed by atoms with van der Waals surface area (Å²) in [5.74, 6) is 0.407. The highest BCUT2D eigenvalue weighted by Crippen LogP contribution is 2.29. The zero-order valence-electron chi connectivity index (χ0n) is 15.9. The van der Waals surface area contributed by atoms with E-state index in [-0.39, 0.29) is 24.0 Å². The van der Waals surface area contributed by atoms with Gasteiger partial charge in [0.25, 0.3) is 0 Å². The molecule has 26 heavy (non-hydrogen) atoms. The van der Waals surface area contributed by atoms with Crippen LogP contribution in [-0.4, -0.2) is 72.1 Å². The summed E-state index contributed by atoms with van der Waals surface area (Å²) in [4.78, 5) is 31.6. The molecule has 1 aromatic carbocycles. The number of ether oxygens (including phenoxy) is 1. The molecule has 2 heterocycles. The molecule has 0 saturated carbocycles. The van der Waals surface area contributed by atoms with Gasteiger partial charge in [-0.25, -0.2) is 4.79 Å². The quantitative estimate of drug-likeness (QED) is 0.750. The molecule has 0 N–H and O–H groups in total. The first kappa shape index (κ1) is 18.7. The van der Waals surface area contributed by atoms with Crippen LogP contribution in [0.3, 0.4) is 0 Å². The SMILES string of the molecule is COCCN1C[C@H]2CN(Cc3ccccc3)C(=O)N2[C@@H](CC(C)C)C1=O. The maximum atomic E-state index is 13.1. The number of amides is 3. The van der Waals surface area contributed by atoms with Crippen LogP contribution in [-0.2, 0) is 16.1 Å². The van der Waals surface area contributed by atoms with E-state index in [2.05, 4.69) is 13.8 Å². The topological polar surface area (TPSA) is 53.1 Å². The van der Waals surface area contributed by atoms with Crippen molar-refractivity contribution in [3.63, 3.8) is 0 Å². The molecule has 2 aliphatic rings. The summed E-state index contributed by atoms with van der Waals surface area (Å²) < 4.78 is 5.16. The minimum atomic E-state index is -0.362. The molecule has 0 unspecified atom stereocenters. The molecule has 3 amide bonds. The van der Waals surface area contributed by atoms with Crippen molar-refractivity contribution in [3.05, 3.63) is 35.9 Å². The second kappa shape index (κ2) is 8.08. The summed E-state index contributed by atoms with van der Waals surface area (Å²) in [6.07, 6.45) is 0.698. The molecule has 142 valence electrons. The maximum absolute atomic E-state index is 13.1. The maximum Gasteiger partial charge on any atom is 0.321 e. The molecule has 0 aromatic heterocycles. The highest BCUT2D eigenvalue weighted by molar-refractivity contribution is 5.90. The van der Waals surface area contributed by atoms with Crippen molar-refractivity contribution in [2.45, 2.75) is 38.9 Å². The number of piperazine rings is 1. The van der Waals surface area contributed by atoms with E-state index in [0.29, 0.717) is 45.1 Å². The van der Waals surface area contributed by atoms with Gasteiger partial charge < -0.3 is 19.4 Å². The lowest BCUT2D eigenvalue weighted by Crippen LogP contribution is -2.61. The smallest absolute Gasteiger partial charge is 0.321 e. The van der Waals surface area contributed by atoms with Crippen molar-refractivity contribution >= 4 is 11.9 Å². The number of benzene rings is 1. The van der Waals surface area contributed by atoms with Crippen LogP contribution in [0.5, 0.6) is 0 Å². The van der Waals surface area contributed by atoms with Crippen LogP contribution >= 0.6 is 0 Å². The predicted molar refractivity (Wildman–Crippen MR) is 99.6 cm³/mol. The van der Waals surface area contributed by atoms with Gasteiger partial charge in [-0.2, -0.15) is 0 Å². The van der Waals surface area contributed by atoms with Gasteiger partial charge in [-0.15, -0.1) is 0 Å². The minimum Gasteiger partial charge on any atom is -0.383 e. The lowest BCUT2D eigenvalue weighted by molar-refractivity contribution is -0.143. The molecule has 6 heteroatoms. The first-order chi connectivity index (χ1) is 12.5. The fourth-order valence-corrected chi connectivity index (χ4v) is 3.95. The number of nitrogens with zero attached hydrogens (tertiary/aromatic N) is 3. The van der Waals surface area contributed by atoms with Crippen LogP contribution in [0.2, 0.25) is 0 Å². The van der Waals surface area contributed by atoms with Crippen molar-refractivity contribution in [2.24, 2.45) is 5.92 Å². The molecule has 2 fully saturated rings. The number of hydrogen-bond donors (Lipinski definition) is 0. The summed E-state index contributed by atoms with van der Waals surface area (Å²) in [6.45, 7) is 7.15. The standard InChI is InChI=1S/C20H29N3O3/c1-15(2)11-18-19(24)21(9-10-26-3)13-17-14-22(20(25)23(17)18)12-16-7-5-4-6-8-16/h4-8,15,17-18H,9-14H2,1-3H3/t17-,18-/m0/s1. The van der Waals surface area contributed by atoms with Crippen molar-refractivity contribution in [1.29, 1.82) is 0 Å². The molecular weight excluding hydrogens is 330 g/mol. The number of fused-ring (bicyclic) bond motifs is 1. The van der Waals surface area contributed by atoms with Crippen LogP contribution in [0.15, 0.2) is 30.3 Å². The molecule has 2 aliphatic heterocycles. The van der Waals surface area contributed by atoms with Gasteiger partial charge in [0.15, 0.2) is 0 Å². The second-order valence-corrected chi connectivity index (χ2v) is 7.63. The Kier molecular flexibility index (Phi) is 5.81. The Morgan fingerprint density at radius 1 is 1.12 bits per heavy atom. The molecule has 6 nitrogen and oxygen atoms in total. The predicted octanol–water partition coefficient (Wildman–Crippen LogP) is 2.20. The van der Waals surface area contributed by atoms with Crippen LogP contribution in [0.4, 0.5) is 4.79 Å². The number of carbonyl (C=O) groups excluding carboxylic acids is 2. The highest BCUT2D eigenvalue weighted by Gasteiger charge is 2.49. The van der Waals surface area contributed by atoms with E-state index in [1.807, 2.05) is 45.0 Å². The van der Waals surface area contributed by atoms with Crippen LogP contribution in [0.25, 0.3) is 0 Å². The van der Waals surface area contributed by atoms with Gasteiger partial charge in [0.1, 0.15) is 6.04 Å². The first-order valence-corrected chi connectivity index (χ1v) is 9.40. The minimum absolute atomic E-state index is 0.00996. The molecule has 0 spiro atoms. The third-order valence-electron chi connectivity index (χ3n) is 5.16. The second-order valence-electron chi connectivity index (χ2n) is 7.63. The number of methoxy groups -OCH3 is 1. The van der Waals surface area contributed by atoms with E-state index < -0.39 is 0 Å². The van der Waals surface area contributed by atoms with E-state index in [9.17, 15) is 9.59 Å². The Morgan fingerprint density at radius 3 is 2.46 bits per heavy atom. The number of urea groups is 1. The van der Waals surface area contributed by atoms with Crippen molar-refractivity contribution in [1.82, 2.24) is 14.7 Å². The van der Waals surface area contributed by atoms with Gasteiger partial charge >= 0.3 is 6.03 Å². The Morgan fingerprint density at radius 2 is 1.81 bits per heavy atom. The summed E-state index contributed by atoms with van der Waals surface area (Å²) in [5, 5.41) is 0. The van der Waals surface area contributed by atoms with Crippen LogP contribution < -0.4 is 0 Å². The van der Waals surface area contributed by atoms with Gasteiger partial charge in [-0.1, -0.05) is 44.2 Å². The average Bonchev–Trinajstić information content (AvgIpc) is 2.92. The molecule has 2 atom stereocenters. The summed E-state index contributed by atoms with van der Waals surface area (Å²) in [5.41, 5.74) is 1.11. The lowest BCUT2D eigenvalue weighted by atomic mass is 9.97. The zero-order valence-corrected chi connectivity index (χ0v) is 15.9. The zero-order chi connectivity index (χ0) is 18.7. The third kappa shape index (κ3) is 3.85. The molecule has 0 bridgehead atoms. The van der Waals surface area contributed by atoms with Gasteiger partial charge in [0, 0.05) is 33.3 Å². The monoisotopic (exact) mass is 359 g/mol. The molecule has 0 radical (unpaired) electrons. The molecule has 1 aromatic rings. The fourth-order valence-electron chi connectivity index (χ4n) is 3.95. The van der Waals surface area contributed by atoms with E-state index >= 15 is 0 Å². The van der Waals surface area contributed by atoms with Crippen LogP contribution in [0.1, 0.15) is 25.8 Å². The number of hydrogen-bond acceptors (Lipinski definition) is 3. The van der Waals surface area contributed by atoms with Crippen molar-refractivity contribution in [3.8, 4) is 0 Å². The number of carbonyl (C=O) groups is 2. The number of rotatable bonds is 7. The van der Waals surface area contributed by atoms with Gasteiger partial charge in [-0.05, 0) is 17.9 Å². The highest BCUT2D eigenvalue weighted by atomic mass is 16.5. The Bertz CT molecular complexity index is 634. The largest absolute Gasteiger partial charge is 0.383 e. The third-order valence-corrected chi connectivity index (χ3v) is 5.16. The fraction of sp³-hybridized carbons (Fsp3) is 0.600. The van der Waals surface area contributed by atoms with Gasteiger partial charge in [0.2, 0.25) is 5.91 Å². The van der Waals surface area contributed by atoms with E-state index in [4.69, 9.17) is 4.74 Å². The average molecular weight is 359 g/mol. The summed E-state index contributed by atoms with van der Waals surface area (Å²) in [7, 11) is 1.65. The molecular formula is C20H29N3O3. The van der Waals surface area contributed by atoms with E-state index in [1.165, 1.54) is 0 Å². The van der Waals surface area contributed by atoms with Gasteiger partial charge in [0.05, 0.1) is 12.6 Å². The molecule has 3 rings (SSSR count). The normalized spacial score (nSPS) is 23.2. The van der Waals surface area contributed by atoms with Gasteiger partial charge in [-0.3, -0.25) is 4.79 Å². The molecule has 0 aliphatic carbocycles. The van der Waals surface area contributed by atoms with Crippen molar-refractivity contribution < 1.29 is 14.3 Å². The summed E-state index contributed by atoms with van der Waals surface area (Å²) in [6, 6.07) is 9.71. The Labute approximate surface area is 155 Å². The summed E-state index contributed by atoms with van der Waals surface area (Å²) >= 11 is 0. The Balaban J connectivity index is 1.78. The first-order valence-electron chi connectivity index (χ1n) is 9.40. The van der Waals surface area contributed by atoms with E-state index in [1.54, 1.807) is 7.11 Å². The van der Waals surface area contributed by atoms with Crippen molar-refractivity contribution in [2.75, 3.05) is 33.4 Å².